The van der Waals surface area contributed by atoms with Crippen LogP contribution in [0.25, 0.3) is 0 Å². The Kier molecular flexibility index (Phi) is 6.50. The number of nitrogens with one attached hydrogen (secondary N) is 2. The number of carbonyl (C=O) groups is 2. The van der Waals surface area contributed by atoms with Gasteiger partial charge in [-0.25, -0.2) is 0 Å². The third-order valence-electron chi connectivity index (χ3n) is 5.07. The van der Waals surface area contributed by atoms with Crippen molar-refractivity contribution >= 4 is 23.2 Å². The van der Waals surface area contributed by atoms with Gasteiger partial charge in [-0.05, 0) is 55.5 Å². The van der Waals surface area contributed by atoms with Gasteiger partial charge in [-0.1, -0.05) is 18.9 Å². The minimum Gasteiger partial charge on any atom is -0.494 e. The first-order valence-corrected chi connectivity index (χ1v) is 10.3. The molecule has 1 fully saturated rings. The first kappa shape index (κ1) is 19.4. The number of carbonyl (C=O) groups excluding carboxylic acids is 2. The van der Waals surface area contributed by atoms with E-state index in [1.807, 2.05) is 6.92 Å². The molecule has 6 heteroatoms. The maximum Gasteiger partial charge on any atom is 0.251 e. The average Bonchev–Trinajstić information content (AvgIpc) is 3.38. The zero-order valence-corrected chi connectivity index (χ0v) is 16.4. The number of hydrogen-bond acceptors (Lipinski definition) is 4. The van der Waals surface area contributed by atoms with Crippen LogP contribution in [0.3, 0.4) is 0 Å². The zero-order chi connectivity index (χ0) is 19.1. The minimum atomic E-state index is -0.262. The second kappa shape index (κ2) is 9.04. The third kappa shape index (κ3) is 4.89. The van der Waals surface area contributed by atoms with Crippen molar-refractivity contribution in [2.75, 3.05) is 19.7 Å². The normalized spacial score (nSPS) is 15.3. The maximum atomic E-state index is 12.2. The van der Waals surface area contributed by atoms with Gasteiger partial charge >= 0.3 is 0 Å². The monoisotopic (exact) mass is 386 g/mol. The van der Waals surface area contributed by atoms with Crippen LogP contribution in [0.15, 0.2) is 41.8 Å². The van der Waals surface area contributed by atoms with Crippen molar-refractivity contribution in [1.82, 2.24) is 10.6 Å². The van der Waals surface area contributed by atoms with Crippen molar-refractivity contribution in [2.45, 2.75) is 38.0 Å². The van der Waals surface area contributed by atoms with Gasteiger partial charge in [0.2, 0.25) is 5.91 Å². The SMILES string of the molecule is CCOc1ccc(C(=O)NCC(=O)NCC2(c3cccs3)CCCC2)cc1. The van der Waals surface area contributed by atoms with Crippen LogP contribution in [0.1, 0.15) is 47.8 Å². The Balaban J connectivity index is 1.48. The lowest BCUT2D eigenvalue weighted by Crippen LogP contribution is -2.43. The molecule has 1 heterocycles. The standard InChI is InChI=1S/C21H26N2O3S/c1-2-26-17-9-7-16(8-10-17)20(25)22-14-19(24)23-15-21(11-3-4-12-21)18-6-5-13-27-18/h5-10,13H,2-4,11-12,14-15H2,1H3,(H,22,25)(H,23,24). The molecule has 0 spiro atoms. The smallest absolute Gasteiger partial charge is 0.251 e. The summed E-state index contributed by atoms with van der Waals surface area (Å²) < 4.78 is 5.36. The summed E-state index contributed by atoms with van der Waals surface area (Å²) in [6.07, 6.45) is 4.60. The van der Waals surface area contributed by atoms with Crippen LogP contribution in [-0.2, 0) is 10.2 Å². The van der Waals surface area contributed by atoms with Crippen LogP contribution in [-0.4, -0.2) is 31.5 Å². The van der Waals surface area contributed by atoms with Crippen LogP contribution in [0, 0.1) is 0 Å². The number of amides is 2. The molecule has 1 aliphatic carbocycles. The Labute approximate surface area is 164 Å². The summed E-state index contributed by atoms with van der Waals surface area (Å²) in [6, 6.07) is 11.1. The quantitative estimate of drug-likeness (QED) is 0.730. The summed E-state index contributed by atoms with van der Waals surface area (Å²) in [5.74, 6) is 0.307. The van der Waals surface area contributed by atoms with E-state index in [1.54, 1.807) is 35.6 Å². The van der Waals surface area contributed by atoms with E-state index in [0.29, 0.717) is 18.7 Å². The predicted molar refractivity (Wildman–Crippen MR) is 107 cm³/mol. The lowest BCUT2D eigenvalue weighted by Gasteiger charge is -2.28. The molecule has 0 radical (unpaired) electrons. The molecule has 0 atom stereocenters. The van der Waals surface area contributed by atoms with Crippen molar-refractivity contribution in [3.8, 4) is 5.75 Å². The van der Waals surface area contributed by atoms with E-state index >= 15 is 0 Å². The Morgan fingerprint density at radius 3 is 2.48 bits per heavy atom. The molecular formula is C21H26N2O3S. The molecule has 2 N–H and O–H groups in total. The number of ether oxygens (including phenoxy) is 1. The molecule has 1 aromatic heterocycles. The van der Waals surface area contributed by atoms with Crippen LogP contribution in [0.2, 0.25) is 0 Å². The van der Waals surface area contributed by atoms with E-state index < -0.39 is 0 Å². The Hall–Kier alpha value is -2.34. The molecule has 2 aromatic rings. The maximum absolute atomic E-state index is 12.2. The minimum absolute atomic E-state index is 0.0213. The van der Waals surface area contributed by atoms with E-state index in [9.17, 15) is 9.59 Å². The van der Waals surface area contributed by atoms with Crippen molar-refractivity contribution in [2.24, 2.45) is 0 Å². The van der Waals surface area contributed by atoms with E-state index in [0.717, 1.165) is 18.6 Å². The Morgan fingerprint density at radius 1 is 1.11 bits per heavy atom. The molecule has 144 valence electrons. The molecule has 1 aromatic carbocycles. The fraction of sp³-hybridized carbons (Fsp3) is 0.429. The summed E-state index contributed by atoms with van der Waals surface area (Å²) in [5, 5.41) is 7.79. The lowest BCUT2D eigenvalue weighted by atomic mass is 9.84. The molecular weight excluding hydrogens is 360 g/mol. The van der Waals surface area contributed by atoms with E-state index in [1.165, 1.54) is 17.7 Å². The fourth-order valence-corrected chi connectivity index (χ4v) is 4.59. The van der Waals surface area contributed by atoms with Gasteiger partial charge in [0.05, 0.1) is 13.2 Å². The molecule has 1 aliphatic rings. The summed E-state index contributed by atoms with van der Waals surface area (Å²) in [6.45, 7) is 3.10. The van der Waals surface area contributed by atoms with Gasteiger partial charge in [0.15, 0.2) is 0 Å². The van der Waals surface area contributed by atoms with E-state index in [4.69, 9.17) is 4.74 Å². The largest absolute Gasteiger partial charge is 0.494 e. The van der Waals surface area contributed by atoms with Gasteiger partial charge < -0.3 is 15.4 Å². The zero-order valence-electron chi connectivity index (χ0n) is 15.6. The van der Waals surface area contributed by atoms with Gasteiger partial charge in [-0.3, -0.25) is 9.59 Å². The fourth-order valence-electron chi connectivity index (χ4n) is 3.60. The molecule has 5 nitrogen and oxygen atoms in total. The lowest BCUT2D eigenvalue weighted by molar-refractivity contribution is -0.120. The van der Waals surface area contributed by atoms with Crippen LogP contribution in [0.4, 0.5) is 0 Å². The highest BCUT2D eigenvalue weighted by Crippen LogP contribution is 2.42. The van der Waals surface area contributed by atoms with Gasteiger partial charge in [0.25, 0.3) is 5.91 Å². The van der Waals surface area contributed by atoms with Crippen molar-refractivity contribution in [3.05, 3.63) is 52.2 Å². The van der Waals surface area contributed by atoms with Crippen LogP contribution < -0.4 is 15.4 Å². The highest BCUT2D eigenvalue weighted by molar-refractivity contribution is 7.10. The molecule has 0 bridgehead atoms. The van der Waals surface area contributed by atoms with Crippen LogP contribution >= 0.6 is 11.3 Å². The highest BCUT2D eigenvalue weighted by atomic mass is 32.1. The third-order valence-corrected chi connectivity index (χ3v) is 6.18. The second-order valence-electron chi connectivity index (χ2n) is 6.88. The van der Waals surface area contributed by atoms with Crippen LogP contribution in [0.5, 0.6) is 5.75 Å². The second-order valence-corrected chi connectivity index (χ2v) is 7.83. The first-order valence-electron chi connectivity index (χ1n) is 9.45. The van der Waals surface area contributed by atoms with E-state index in [2.05, 4.69) is 28.1 Å². The summed E-state index contributed by atoms with van der Waals surface area (Å²) in [5.41, 5.74) is 0.570. The first-order chi connectivity index (χ1) is 13.1. The Morgan fingerprint density at radius 2 is 1.85 bits per heavy atom. The summed E-state index contributed by atoms with van der Waals surface area (Å²) >= 11 is 1.76. The molecule has 0 saturated heterocycles. The number of rotatable bonds is 8. The van der Waals surface area contributed by atoms with Gasteiger partial charge in [0.1, 0.15) is 5.75 Å². The summed E-state index contributed by atoms with van der Waals surface area (Å²) in [4.78, 5) is 25.8. The summed E-state index contributed by atoms with van der Waals surface area (Å²) in [7, 11) is 0. The average molecular weight is 387 g/mol. The molecule has 0 aliphatic heterocycles. The number of benzene rings is 1. The number of hydrogen-bond donors (Lipinski definition) is 2. The van der Waals surface area contributed by atoms with Crippen molar-refractivity contribution < 1.29 is 14.3 Å². The van der Waals surface area contributed by atoms with Crippen molar-refractivity contribution in [1.29, 1.82) is 0 Å². The van der Waals surface area contributed by atoms with Gasteiger partial charge in [-0.15, -0.1) is 11.3 Å². The highest BCUT2D eigenvalue weighted by Gasteiger charge is 2.36. The molecule has 0 unspecified atom stereocenters. The molecule has 2 amide bonds. The molecule has 3 rings (SSSR count). The topological polar surface area (TPSA) is 67.4 Å². The van der Waals surface area contributed by atoms with Gasteiger partial charge in [0, 0.05) is 22.4 Å². The Bertz CT molecular complexity index is 750. The van der Waals surface area contributed by atoms with Gasteiger partial charge in [-0.2, -0.15) is 0 Å². The number of thiophene rings is 1. The predicted octanol–water partition coefficient (Wildman–Crippen LogP) is 3.50. The molecule has 1 saturated carbocycles. The molecule has 27 heavy (non-hydrogen) atoms. The van der Waals surface area contributed by atoms with Crippen molar-refractivity contribution in [3.63, 3.8) is 0 Å². The van der Waals surface area contributed by atoms with E-state index in [-0.39, 0.29) is 23.8 Å².